The van der Waals surface area contributed by atoms with Crippen LogP contribution in [0.25, 0.3) is 11.3 Å². The van der Waals surface area contributed by atoms with Crippen molar-refractivity contribution in [2.45, 2.75) is 37.0 Å². The predicted molar refractivity (Wildman–Crippen MR) is 138 cm³/mol. The van der Waals surface area contributed by atoms with E-state index in [0.717, 1.165) is 16.0 Å². The second kappa shape index (κ2) is 11.2. The summed E-state index contributed by atoms with van der Waals surface area (Å²) in [6.07, 6.45) is 4.47. The van der Waals surface area contributed by atoms with Gasteiger partial charge in [-0.15, -0.1) is 11.8 Å². The number of aryl methyl sites for hydroxylation is 1. The van der Waals surface area contributed by atoms with Crippen LogP contribution >= 0.6 is 11.8 Å². The zero-order valence-corrected chi connectivity index (χ0v) is 20.7. The Bertz CT molecular complexity index is 1240. The topological polar surface area (TPSA) is 86.5 Å². The van der Waals surface area contributed by atoms with Gasteiger partial charge in [-0.2, -0.15) is 0 Å². The molecule has 2 aromatic carbocycles. The van der Waals surface area contributed by atoms with Crippen LogP contribution in [0.1, 0.15) is 25.0 Å². The molecule has 35 heavy (non-hydrogen) atoms. The first-order valence-corrected chi connectivity index (χ1v) is 11.8. The van der Waals surface area contributed by atoms with Gasteiger partial charge in [0.1, 0.15) is 28.5 Å². The number of anilines is 1. The first-order valence-electron chi connectivity index (χ1n) is 10.9. The highest BCUT2D eigenvalue weighted by Gasteiger charge is 2.28. The third-order valence-electron chi connectivity index (χ3n) is 5.28. The van der Waals surface area contributed by atoms with E-state index in [0.29, 0.717) is 23.6 Å². The molecule has 2 N–H and O–H groups in total. The van der Waals surface area contributed by atoms with Crippen molar-refractivity contribution in [3.05, 3.63) is 96.3 Å². The first-order chi connectivity index (χ1) is 16.6. The number of nitrogens with zero attached hydrogens (tertiary/aromatic N) is 3. The van der Waals surface area contributed by atoms with Crippen LogP contribution < -0.4 is 4.90 Å². The molecule has 6 nitrogen and oxygen atoms in total. The molecule has 0 amide bonds. The van der Waals surface area contributed by atoms with Crippen LogP contribution in [0.15, 0.2) is 84.2 Å². The van der Waals surface area contributed by atoms with Gasteiger partial charge in [0.15, 0.2) is 0 Å². The zero-order valence-electron chi connectivity index (χ0n) is 19.9. The summed E-state index contributed by atoms with van der Waals surface area (Å²) >= 11 is 1.28. The minimum atomic E-state index is -0.940. The van der Waals surface area contributed by atoms with Crippen molar-refractivity contribution in [1.29, 1.82) is 0 Å². The molecule has 3 aromatic rings. The Balaban J connectivity index is 1.89. The van der Waals surface area contributed by atoms with Crippen molar-refractivity contribution in [2.75, 3.05) is 11.4 Å². The van der Waals surface area contributed by atoms with Gasteiger partial charge in [-0.3, -0.25) is 4.79 Å². The number of halogens is 1. The number of carboxylic acids is 1. The molecule has 0 bridgehead atoms. The summed E-state index contributed by atoms with van der Waals surface area (Å²) in [5.41, 5.74) is 2.88. The Kier molecular flexibility index (Phi) is 8.30. The summed E-state index contributed by atoms with van der Waals surface area (Å²) in [6.45, 7) is 9.28. The molecular weight excluding hydrogens is 465 g/mol. The molecule has 0 atom stereocenters. The van der Waals surface area contributed by atoms with Gasteiger partial charge in [0.25, 0.3) is 0 Å². The van der Waals surface area contributed by atoms with Crippen molar-refractivity contribution >= 4 is 23.5 Å². The van der Waals surface area contributed by atoms with Gasteiger partial charge in [0.2, 0.25) is 0 Å². The van der Waals surface area contributed by atoms with E-state index >= 15 is 0 Å². The SMILES string of the molecule is C=C/C=C(\O)CN(Cc1ccc(SC(C)(C)C(=O)O)cc1)c1cc(-c2ccc(F)c(C)c2)ncn1. The third-order valence-corrected chi connectivity index (χ3v) is 6.47. The molecule has 0 radical (unpaired) electrons. The average molecular weight is 494 g/mol. The van der Waals surface area contributed by atoms with Crippen LogP contribution in [0.5, 0.6) is 0 Å². The Hall–Kier alpha value is -3.65. The number of carboxylic acid groups (broad SMARTS) is 1. The summed E-state index contributed by atoms with van der Waals surface area (Å²) in [5.74, 6) is -0.449. The third kappa shape index (κ3) is 6.93. The molecule has 0 aliphatic heterocycles. The molecule has 8 heteroatoms. The highest BCUT2D eigenvalue weighted by atomic mass is 32.2. The van der Waals surface area contributed by atoms with Gasteiger partial charge >= 0.3 is 5.97 Å². The molecule has 1 heterocycles. The minimum Gasteiger partial charge on any atom is -0.510 e. The smallest absolute Gasteiger partial charge is 0.319 e. The fraction of sp³-hybridized carbons (Fsp3) is 0.222. The second-order valence-electron chi connectivity index (χ2n) is 8.54. The first kappa shape index (κ1) is 26.0. The maximum absolute atomic E-state index is 13.7. The summed E-state index contributed by atoms with van der Waals surface area (Å²) < 4.78 is 12.8. The van der Waals surface area contributed by atoms with Crippen LogP contribution in [0.3, 0.4) is 0 Å². The molecule has 0 fully saturated rings. The van der Waals surface area contributed by atoms with E-state index in [1.54, 1.807) is 39.0 Å². The van der Waals surface area contributed by atoms with E-state index < -0.39 is 10.7 Å². The summed E-state index contributed by atoms with van der Waals surface area (Å²) in [5, 5.41) is 19.7. The largest absolute Gasteiger partial charge is 0.510 e. The Morgan fingerprint density at radius 1 is 1.14 bits per heavy atom. The number of thioether (sulfide) groups is 1. The van der Waals surface area contributed by atoms with E-state index in [4.69, 9.17) is 0 Å². The number of allylic oxidation sites excluding steroid dienone is 2. The number of aliphatic carboxylic acids is 1. The summed E-state index contributed by atoms with van der Waals surface area (Å²) in [7, 11) is 0. The Labute approximate surface area is 208 Å². The maximum Gasteiger partial charge on any atom is 0.319 e. The van der Waals surface area contributed by atoms with Crippen LogP contribution in [-0.4, -0.2) is 37.4 Å². The van der Waals surface area contributed by atoms with E-state index in [2.05, 4.69) is 16.5 Å². The van der Waals surface area contributed by atoms with Crippen LogP contribution in [0.2, 0.25) is 0 Å². The number of benzene rings is 2. The fourth-order valence-corrected chi connectivity index (χ4v) is 4.25. The molecule has 0 saturated carbocycles. The van der Waals surface area contributed by atoms with Crippen molar-refractivity contribution < 1.29 is 19.4 Å². The van der Waals surface area contributed by atoms with Crippen molar-refractivity contribution in [1.82, 2.24) is 9.97 Å². The van der Waals surface area contributed by atoms with E-state index in [1.807, 2.05) is 29.2 Å². The predicted octanol–water partition coefficient (Wildman–Crippen LogP) is 6.18. The molecular formula is C27H28FN3O3S. The van der Waals surface area contributed by atoms with Gasteiger partial charge in [-0.05, 0) is 68.3 Å². The van der Waals surface area contributed by atoms with Crippen molar-refractivity contribution in [3.63, 3.8) is 0 Å². The van der Waals surface area contributed by atoms with E-state index in [1.165, 1.54) is 36.3 Å². The van der Waals surface area contributed by atoms with E-state index in [-0.39, 0.29) is 18.1 Å². The lowest BCUT2D eigenvalue weighted by Gasteiger charge is -2.24. The number of aliphatic hydroxyl groups is 1. The maximum atomic E-state index is 13.7. The molecule has 1 aromatic heterocycles. The number of carbonyl (C=O) groups is 1. The standard InChI is InChI=1S/C27H28FN3O3S/c1-5-6-21(32)16-31(15-19-7-10-22(11-8-19)35-27(3,4)26(33)34)25-14-24(29-17-30-25)20-9-12-23(28)18(2)13-20/h5-14,17,32H,1,15-16H2,2-4H3,(H,33,34)/b21-6-. The summed E-state index contributed by atoms with van der Waals surface area (Å²) in [6, 6.07) is 14.2. The monoisotopic (exact) mass is 493 g/mol. The lowest BCUT2D eigenvalue weighted by molar-refractivity contribution is -0.138. The summed E-state index contributed by atoms with van der Waals surface area (Å²) in [4.78, 5) is 22.9. The Morgan fingerprint density at radius 3 is 2.49 bits per heavy atom. The van der Waals surface area contributed by atoms with Gasteiger partial charge in [-0.1, -0.05) is 24.8 Å². The van der Waals surface area contributed by atoms with Gasteiger partial charge in [-0.25, -0.2) is 14.4 Å². The highest BCUT2D eigenvalue weighted by Crippen LogP contribution is 2.33. The van der Waals surface area contributed by atoms with Crippen LogP contribution in [0.4, 0.5) is 10.2 Å². The van der Waals surface area contributed by atoms with Crippen molar-refractivity contribution in [3.8, 4) is 11.3 Å². The Morgan fingerprint density at radius 2 is 1.86 bits per heavy atom. The lowest BCUT2D eigenvalue weighted by atomic mass is 10.1. The fourth-order valence-electron chi connectivity index (χ4n) is 3.31. The molecule has 182 valence electrons. The number of hydrogen-bond acceptors (Lipinski definition) is 6. The quantitative estimate of drug-likeness (QED) is 0.198. The highest BCUT2D eigenvalue weighted by molar-refractivity contribution is 8.01. The average Bonchev–Trinajstić information content (AvgIpc) is 2.81. The number of aliphatic hydroxyl groups excluding tert-OH is 1. The molecule has 3 rings (SSSR count). The molecule has 0 unspecified atom stereocenters. The molecule has 0 aliphatic rings. The lowest BCUT2D eigenvalue weighted by Crippen LogP contribution is -2.27. The molecule has 0 saturated heterocycles. The van der Waals surface area contributed by atoms with E-state index in [9.17, 15) is 19.4 Å². The van der Waals surface area contributed by atoms with Gasteiger partial charge < -0.3 is 15.1 Å². The second-order valence-corrected chi connectivity index (χ2v) is 10.2. The normalized spacial score (nSPS) is 11.8. The van der Waals surface area contributed by atoms with Gasteiger partial charge in [0.05, 0.1) is 12.2 Å². The van der Waals surface area contributed by atoms with Crippen LogP contribution in [0, 0.1) is 12.7 Å². The molecule has 0 spiro atoms. The number of rotatable bonds is 10. The van der Waals surface area contributed by atoms with Crippen molar-refractivity contribution in [2.24, 2.45) is 0 Å². The zero-order chi connectivity index (χ0) is 25.6. The number of aromatic nitrogens is 2. The van der Waals surface area contributed by atoms with Crippen LogP contribution in [-0.2, 0) is 11.3 Å². The number of hydrogen-bond donors (Lipinski definition) is 2. The molecule has 0 aliphatic carbocycles. The van der Waals surface area contributed by atoms with Gasteiger partial charge in [0, 0.05) is 23.1 Å². The minimum absolute atomic E-state index is 0.119.